The Morgan fingerprint density at radius 2 is 1.89 bits per heavy atom. The van der Waals surface area contributed by atoms with Crippen LogP contribution in [0.1, 0.15) is 77.6 Å². The number of carbonyl (C=O) groups excluding carboxylic acids is 1. The fraction of sp³-hybridized carbons (Fsp3) is 0.812. The predicted octanol–water partition coefficient (Wildman–Crippen LogP) is 4.17. The normalized spacial score (nSPS) is 23.9. The molecular formula is C16H28O2. The van der Waals surface area contributed by atoms with Crippen LogP contribution in [0.15, 0.2) is 12.2 Å². The van der Waals surface area contributed by atoms with Gasteiger partial charge in [-0.25, -0.2) is 0 Å². The molecule has 2 nitrogen and oxygen atoms in total. The lowest BCUT2D eigenvalue weighted by molar-refractivity contribution is -0.133. The maximum atomic E-state index is 12.1. The van der Waals surface area contributed by atoms with E-state index in [2.05, 4.69) is 6.92 Å². The van der Waals surface area contributed by atoms with Crippen LogP contribution in [-0.4, -0.2) is 16.5 Å². The number of carbonyl (C=O) groups is 1. The van der Waals surface area contributed by atoms with Crippen LogP contribution in [-0.2, 0) is 4.79 Å². The van der Waals surface area contributed by atoms with Gasteiger partial charge in [0, 0.05) is 6.42 Å². The molecule has 1 atom stereocenters. The highest BCUT2D eigenvalue weighted by molar-refractivity contribution is 5.89. The number of rotatable bonds is 8. The van der Waals surface area contributed by atoms with Crippen LogP contribution in [0.2, 0.25) is 0 Å². The van der Waals surface area contributed by atoms with E-state index < -0.39 is 5.60 Å². The van der Waals surface area contributed by atoms with Crippen LogP contribution in [0.25, 0.3) is 0 Å². The number of unbranched alkanes of at least 4 members (excludes halogenated alkanes) is 5. The minimum atomic E-state index is -1.15. The first-order valence-corrected chi connectivity index (χ1v) is 7.62. The molecule has 1 aliphatic rings. The van der Waals surface area contributed by atoms with Gasteiger partial charge in [-0.15, -0.1) is 0 Å². The second kappa shape index (κ2) is 8.47. The average Bonchev–Trinajstić information content (AvgIpc) is 2.59. The Morgan fingerprint density at radius 3 is 2.67 bits per heavy atom. The van der Waals surface area contributed by atoms with E-state index in [-0.39, 0.29) is 5.78 Å². The van der Waals surface area contributed by atoms with Crippen LogP contribution in [0.5, 0.6) is 0 Å². The second-order valence-electron chi connectivity index (χ2n) is 5.51. The molecule has 0 aromatic heterocycles. The van der Waals surface area contributed by atoms with Crippen molar-refractivity contribution in [1.29, 1.82) is 0 Å². The van der Waals surface area contributed by atoms with E-state index in [4.69, 9.17) is 0 Å². The topological polar surface area (TPSA) is 37.3 Å². The van der Waals surface area contributed by atoms with Gasteiger partial charge in [0.25, 0.3) is 0 Å². The molecule has 0 saturated heterocycles. The largest absolute Gasteiger partial charge is 0.378 e. The Kier molecular flexibility index (Phi) is 7.26. The van der Waals surface area contributed by atoms with E-state index in [0.29, 0.717) is 12.8 Å². The first-order chi connectivity index (χ1) is 8.69. The van der Waals surface area contributed by atoms with Gasteiger partial charge in [0.2, 0.25) is 0 Å². The van der Waals surface area contributed by atoms with Gasteiger partial charge in [0.15, 0.2) is 5.78 Å². The lowest BCUT2D eigenvalue weighted by Gasteiger charge is -2.21. The van der Waals surface area contributed by atoms with E-state index in [9.17, 15) is 9.90 Å². The fourth-order valence-electron chi connectivity index (χ4n) is 2.53. The van der Waals surface area contributed by atoms with E-state index in [1.165, 1.54) is 25.7 Å². The molecular weight excluding hydrogens is 224 g/mol. The van der Waals surface area contributed by atoms with Crippen molar-refractivity contribution in [2.45, 2.75) is 83.2 Å². The zero-order valence-corrected chi connectivity index (χ0v) is 11.8. The molecule has 0 aliphatic heterocycles. The molecule has 0 bridgehead atoms. The van der Waals surface area contributed by atoms with E-state index in [1.54, 1.807) is 6.08 Å². The molecule has 1 N–H and O–H groups in total. The summed E-state index contributed by atoms with van der Waals surface area (Å²) in [5.74, 6) is 0.0242. The first kappa shape index (κ1) is 15.4. The molecule has 2 heteroatoms. The van der Waals surface area contributed by atoms with Gasteiger partial charge in [-0.2, -0.15) is 0 Å². The monoisotopic (exact) mass is 252 g/mol. The highest BCUT2D eigenvalue weighted by Crippen LogP contribution is 2.24. The molecule has 0 unspecified atom stereocenters. The Morgan fingerprint density at radius 1 is 1.17 bits per heavy atom. The molecule has 0 aromatic carbocycles. The van der Waals surface area contributed by atoms with E-state index >= 15 is 0 Å². The van der Waals surface area contributed by atoms with Crippen molar-refractivity contribution in [3.8, 4) is 0 Å². The zero-order valence-electron chi connectivity index (χ0n) is 11.8. The molecule has 0 radical (unpaired) electrons. The minimum absolute atomic E-state index is 0.0242. The summed E-state index contributed by atoms with van der Waals surface area (Å²) in [6.07, 6.45) is 15.0. The molecule has 0 heterocycles. The summed E-state index contributed by atoms with van der Waals surface area (Å²) in [7, 11) is 0. The van der Waals surface area contributed by atoms with Crippen LogP contribution < -0.4 is 0 Å². The van der Waals surface area contributed by atoms with Gasteiger partial charge in [0.05, 0.1) is 0 Å². The van der Waals surface area contributed by atoms with Crippen LogP contribution >= 0.6 is 0 Å². The van der Waals surface area contributed by atoms with Gasteiger partial charge in [-0.05, 0) is 38.2 Å². The molecule has 0 spiro atoms. The van der Waals surface area contributed by atoms with Gasteiger partial charge in [0.1, 0.15) is 5.60 Å². The van der Waals surface area contributed by atoms with Crippen molar-refractivity contribution in [3.63, 3.8) is 0 Å². The Balaban J connectivity index is 2.22. The van der Waals surface area contributed by atoms with Crippen LogP contribution in [0, 0.1) is 0 Å². The quantitative estimate of drug-likeness (QED) is 0.520. The van der Waals surface area contributed by atoms with Crippen molar-refractivity contribution in [3.05, 3.63) is 12.2 Å². The molecule has 18 heavy (non-hydrogen) atoms. The lowest BCUT2D eigenvalue weighted by atomic mass is 9.90. The van der Waals surface area contributed by atoms with E-state index in [1.807, 2.05) is 6.08 Å². The van der Waals surface area contributed by atoms with Crippen molar-refractivity contribution in [1.82, 2.24) is 0 Å². The number of hydrogen-bond donors (Lipinski definition) is 1. The third kappa shape index (κ3) is 5.34. The van der Waals surface area contributed by atoms with Crippen molar-refractivity contribution < 1.29 is 9.90 Å². The molecule has 104 valence electrons. The van der Waals surface area contributed by atoms with E-state index in [0.717, 1.165) is 32.1 Å². The first-order valence-electron chi connectivity index (χ1n) is 7.62. The second-order valence-corrected chi connectivity index (χ2v) is 5.51. The average molecular weight is 252 g/mol. The maximum absolute atomic E-state index is 12.1. The summed E-state index contributed by atoms with van der Waals surface area (Å²) >= 11 is 0. The Bertz CT molecular complexity index is 270. The lowest BCUT2D eigenvalue weighted by Crippen LogP contribution is -2.35. The summed E-state index contributed by atoms with van der Waals surface area (Å²) < 4.78 is 0. The number of ketones is 1. The summed E-state index contributed by atoms with van der Waals surface area (Å²) in [5.41, 5.74) is -1.15. The smallest absolute Gasteiger partial charge is 0.168 e. The van der Waals surface area contributed by atoms with Crippen molar-refractivity contribution >= 4 is 5.78 Å². The van der Waals surface area contributed by atoms with Crippen molar-refractivity contribution in [2.24, 2.45) is 0 Å². The molecule has 0 fully saturated rings. The SMILES string of the molecule is CCCCCCCCC(=O)[C@]1(O)C=CCCCC1. The van der Waals surface area contributed by atoms with Gasteiger partial charge >= 0.3 is 0 Å². The Hall–Kier alpha value is -0.630. The molecule has 1 aliphatic carbocycles. The highest BCUT2D eigenvalue weighted by atomic mass is 16.3. The molecule has 1 rings (SSSR count). The van der Waals surface area contributed by atoms with Crippen molar-refractivity contribution in [2.75, 3.05) is 0 Å². The fourth-order valence-corrected chi connectivity index (χ4v) is 2.53. The zero-order chi connectivity index (χ0) is 13.3. The number of allylic oxidation sites excluding steroid dienone is 1. The van der Waals surface area contributed by atoms with Gasteiger partial charge in [-0.1, -0.05) is 45.1 Å². The predicted molar refractivity (Wildman–Crippen MR) is 75.6 cm³/mol. The van der Waals surface area contributed by atoms with Gasteiger partial charge in [-0.3, -0.25) is 4.79 Å². The Labute approximate surface area is 111 Å². The maximum Gasteiger partial charge on any atom is 0.168 e. The summed E-state index contributed by atoms with van der Waals surface area (Å²) in [6.45, 7) is 2.21. The van der Waals surface area contributed by atoms with Crippen LogP contribution in [0.3, 0.4) is 0 Å². The third-order valence-corrected chi connectivity index (χ3v) is 3.81. The number of aliphatic hydroxyl groups is 1. The van der Waals surface area contributed by atoms with Crippen LogP contribution in [0.4, 0.5) is 0 Å². The summed E-state index contributed by atoms with van der Waals surface area (Å²) in [5, 5.41) is 10.3. The molecule has 0 aromatic rings. The summed E-state index contributed by atoms with van der Waals surface area (Å²) in [6, 6.07) is 0. The number of hydrogen-bond acceptors (Lipinski definition) is 2. The molecule has 0 amide bonds. The standard InChI is InChI=1S/C16H28O2/c1-2-3-4-5-6-9-12-15(17)16(18)13-10-7-8-11-14-16/h10,13,18H,2-9,11-12,14H2,1H3/t16-/m0/s1. The third-order valence-electron chi connectivity index (χ3n) is 3.81. The summed E-state index contributed by atoms with van der Waals surface area (Å²) in [4.78, 5) is 12.1. The minimum Gasteiger partial charge on any atom is -0.378 e. The highest BCUT2D eigenvalue weighted by Gasteiger charge is 2.32. The van der Waals surface area contributed by atoms with Gasteiger partial charge < -0.3 is 5.11 Å². The molecule has 0 saturated carbocycles. The number of Topliss-reactive ketones (excluding diaryl/α,β-unsaturated/α-hetero) is 1.